The van der Waals surface area contributed by atoms with Crippen molar-refractivity contribution in [3.63, 3.8) is 0 Å². The molecule has 0 aliphatic carbocycles. The van der Waals surface area contributed by atoms with Crippen molar-refractivity contribution in [2.45, 2.75) is 97.3 Å². The molecule has 0 heterocycles. The van der Waals surface area contributed by atoms with Gasteiger partial charge in [0.2, 0.25) is 0 Å². The van der Waals surface area contributed by atoms with Crippen LogP contribution in [0.2, 0.25) is 0 Å². The summed E-state index contributed by atoms with van der Waals surface area (Å²) in [7, 11) is 0. The van der Waals surface area contributed by atoms with Crippen LogP contribution in [0.3, 0.4) is 0 Å². The Morgan fingerprint density at radius 1 is 0.667 bits per heavy atom. The minimum absolute atomic E-state index is 0.359. The molecule has 18 heavy (non-hydrogen) atoms. The standard InChI is InChI=1S/C17H36O/c1-3-4-5-6-7-8-9-10-11-12-13-14-15-17(2)16-18/h17-18H,3-16H2,1-2H3. The van der Waals surface area contributed by atoms with E-state index < -0.39 is 0 Å². The topological polar surface area (TPSA) is 20.2 Å². The van der Waals surface area contributed by atoms with Crippen LogP contribution in [0.4, 0.5) is 0 Å². The molecule has 0 aliphatic heterocycles. The maximum absolute atomic E-state index is 8.91. The number of aliphatic hydroxyl groups is 1. The van der Waals surface area contributed by atoms with E-state index in [2.05, 4.69) is 13.8 Å². The molecule has 0 saturated carbocycles. The molecule has 0 aromatic rings. The first-order chi connectivity index (χ1) is 8.81. The van der Waals surface area contributed by atoms with Crippen LogP contribution in [0.5, 0.6) is 0 Å². The van der Waals surface area contributed by atoms with E-state index in [-0.39, 0.29) is 0 Å². The third kappa shape index (κ3) is 14.0. The molecule has 0 aliphatic rings. The van der Waals surface area contributed by atoms with Crippen LogP contribution in [-0.2, 0) is 0 Å². The SMILES string of the molecule is CCCCCCCCCCCCCCC(C)CO. The highest BCUT2D eigenvalue weighted by Crippen LogP contribution is 2.14. The molecular weight excluding hydrogens is 220 g/mol. The lowest BCUT2D eigenvalue weighted by Gasteiger charge is -2.06. The Balaban J connectivity index is 2.94. The Morgan fingerprint density at radius 2 is 1.06 bits per heavy atom. The van der Waals surface area contributed by atoms with Crippen LogP contribution in [0.15, 0.2) is 0 Å². The number of aliphatic hydroxyl groups excluding tert-OH is 1. The quantitative estimate of drug-likeness (QED) is 0.395. The summed E-state index contributed by atoms with van der Waals surface area (Å²) in [6.45, 7) is 4.78. The van der Waals surface area contributed by atoms with Crippen LogP contribution in [-0.4, -0.2) is 11.7 Å². The summed E-state index contributed by atoms with van der Waals surface area (Å²) in [4.78, 5) is 0. The molecule has 110 valence electrons. The molecule has 0 saturated heterocycles. The van der Waals surface area contributed by atoms with E-state index in [1.807, 2.05) is 0 Å². The second-order valence-electron chi connectivity index (χ2n) is 5.97. The van der Waals surface area contributed by atoms with Crippen molar-refractivity contribution >= 4 is 0 Å². The molecule has 1 atom stereocenters. The monoisotopic (exact) mass is 256 g/mol. The zero-order valence-corrected chi connectivity index (χ0v) is 12.9. The van der Waals surface area contributed by atoms with E-state index in [0.717, 1.165) is 0 Å². The first kappa shape index (κ1) is 18.0. The summed E-state index contributed by atoms with van der Waals surface area (Å²) in [5.41, 5.74) is 0. The summed E-state index contributed by atoms with van der Waals surface area (Å²) in [6, 6.07) is 0. The Bertz CT molecular complexity index is 145. The molecule has 0 aromatic carbocycles. The largest absolute Gasteiger partial charge is 0.396 e. The Morgan fingerprint density at radius 3 is 1.44 bits per heavy atom. The van der Waals surface area contributed by atoms with Crippen LogP contribution in [0, 0.1) is 5.92 Å². The van der Waals surface area contributed by atoms with E-state index in [1.54, 1.807) is 0 Å². The van der Waals surface area contributed by atoms with Gasteiger partial charge in [0, 0.05) is 6.61 Å². The molecule has 1 nitrogen and oxygen atoms in total. The fourth-order valence-electron chi connectivity index (χ4n) is 2.43. The van der Waals surface area contributed by atoms with Gasteiger partial charge in [0.05, 0.1) is 0 Å². The molecule has 0 aromatic heterocycles. The second-order valence-corrected chi connectivity index (χ2v) is 5.97. The zero-order valence-electron chi connectivity index (χ0n) is 12.9. The van der Waals surface area contributed by atoms with Gasteiger partial charge >= 0.3 is 0 Å². The van der Waals surface area contributed by atoms with Gasteiger partial charge in [0.15, 0.2) is 0 Å². The van der Waals surface area contributed by atoms with Gasteiger partial charge < -0.3 is 5.11 Å². The van der Waals surface area contributed by atoms with Gasteiger partial charge in [0.1, 0.15) is 0 Å². The average Bonchev–Trinajstić information content (AvgIpc) is 2.39. The smallest absolute Gasteiger partial charge is 0.0456 e. The van der Waals surface area contributed by atoms with Crippen molar-refractivity contribution < 1.29 is 5.11 Å². The maximum Gasteiger partial charge on any atom is 0.0456 e. The minimum Gasteiger partial charge on any atom is -0.396 e. The second kappa shape index (κ2) is 15.0. The predicted octanol–water partition coefficient (Wildman–Crippen LogP) is 5.71. The van der Waals surface area contributed by atoms with E-state index >= 15 is 0 Å². The number of rotatable bonds is 14. The zero-order chi connectivity index (χ0) is 13.5. The van der Waals surface area contributed by atoms with E-state index in [9.17, 15) is 0 Å². The maximum atomic E-state index is 8.91. The van der Waals surface area contributed by atoms with Crippen LogP contribution in [0.25, 0.3) is 0 Å². The van der Waals surface area contributed by atoms with Crippen molar-refractivity contribution in [1.82, 2.24) is 0 Å². The van der Waals surface area contributed by atoms with Crippen molar-refractivity contribution in [2.75, 3.05) is 6.61 Å². The summed E-state index contributed by atoms with van der Waals surface area (Å²) in [6.07, 6.45) is 18.1. The lowest BCUT2D eigenvalue weighted by atomic mass is 10.0. The molecule has 0 bridgehead atoms. The van der Waals surface area contributed by atoms with Gasteiger partial charge in [-0.25, -0.2) is 0 Å². The highest BCUT2D eigenvalue weighted by atomic mass is 16.3. The first-order valence-electron chi connectivity index (χ1n) is 8.42. The molecule has 0 rings (SSSR count). The van der Waals surface area contributed by atoms with Gasteiger partial charge in [-0.2, -0.15) is 0 Å². The fourth-order valence-corrected chi connectivity index (χ4v) is 2.43. The van der Waals surface area contributed by atoms with Gasteiger partial charge in [-0.15, -0.1) is 0 Å². The molecule has 1 unspecified atom stereocenters. The van der Waals surface area contributed by atoms with Gasteiger partial charge in [-0.3, -0.25) is 0 Å². The highest BCUT2D eigenvalue weighted by molar-refractivity contribution is 4.52. The summed E-state index contributed by atoms with van der Waals surface area (Å²) in [5, 5.41) is 8.91. The third-order valence-electron chi connectivity index (χ3n) is 3.86. The molecule has 1 N–H and O–H groups in total. The number of hydrogen-bond acceptors (Lipinski definition) is 1. The van der Waals surface area contributed by atoms with E-state index in [1.165, 1.54) is 83.5 Å². The first-order valence-corrected chi connectivity index (χ1v) is 8.42. The van der Waals surface area contributed by atoms with Crippen LogP contribution >= 0.6 is 0 Å². The number of unbranched alkanes of at least 4 members (excludes halogenated alkanes) is 11. The predicted molar refractivity (Wildman–Crippen MR) is 81.9 cm³/mol. The minimum atomic E-state index is 0.359. The van der Waals surface area contributed by atoms with Gasteiger partial charge in [-0.1, -0.05) is 90.9 Å². The molecular formula is C17H36O. The third-order valence-corrected chi connectivity index (χ3v) is 3.86. The van der Waals surface area contributed by atoms with E-state index in [0.29, 0.717) is 12.5 Å². The van der Waals surface area contributed by atoms with Crippen LogP contribution < -0.4 is 0 Å². The Hall–Kier alpha value is -0.0400. The summed E-state index contributed by atoms with van der Waals surface area (Å²) < 4.78 is 0. The Kier molecular flexibility index (Phi) is 15.0. The van der Waals surface area contributed by atoms with E-state index in [4.69, 9.17) is 5.11 Å². The van der Waals surface area contributed by atoms with Crippen molar-refractivity contribution in [3.05, 3.63) is 0 Å². The van der Waals surface area contributed by atoms with Crippen molar-refractivity contribution in [3.8, 4) is 0 Å². The average molecular weight is 256 g/mol. The van der Waals surface area contributed by atoms with Crippen molar-refractivity contribution in [2.24, 2.45) is 5.92 Å². The molecule has 1 heteroatoms. The number of hydrogen-bond donors (Lipinski definition) is 1. The molecule has 0 amide bonds. The molecule has 0 fully saturated rings. The summed E-state index contributed by atoms with van der Waals surface area (Å²) >= 11 is 0. The van der Waals surface area contributed by atoms with Gasteiger partial charge in [0.25, 0.3) is 0 Å². The molecule has 0 radical (unpaired) electrons. The fraction of sp³-hybridized carbons (Fsp3) is 1.00. The highest BCUT2D eigenvalue weighted by Gasteiger charge is 1.99. The normalized spacial score (nSPS) is 12.8. The Labute approximate surface area is 115 Å². The lowest BCUT2D eigenvalue weighted by molar-refractivity contribution is 0.227. The summed E-state index contributed by atoms with van der Waals surface area (Å²) in [5.74, 6) is 0.508. The van der Waals surface area contributed by atoms with Crippen LogP contribution in [0.1, 0.15) is 97.3 Å². The lowest BCUT2D eigenvalue weighted by Crippen LogP contribution is -1.99. The molecule has 0 spiro atoms. The van der Waals surface area contributed by atoms with Crippen molar-refractivity contribution in [1.29, 1.82) is 0 Å². The van der Waals surface area contributed by atoms with Gasteiger partial charge in [-0.05, 0) is 12.3 Å².